The Morgan fingerprint density at radius 2 is 2.16 bits per heavy atom. The van der Waals surface area contributed by atoms with Crippen molar-refractivity contribution >= 4 is 11.6 Å². The van der Waals surface area contributed by atoms with E-state index in [2.05, 4.69) is 27.5 Å². The molecule has 1 saturated heterocycles. The number of aromatic nitrogens is 1. The van der Waals surface area contributed by atoms with Gasteiger partial charge < -0.3 is 9.84 Å². The Bertz CT molecular complexity index is 768. The molecule has 1 amide bonds. The van der Waals surface area contributed by atoms with Crippen LogP contribution in [-0.4, -0.2) is 29.1 Å². The number of fused-ring (bicyclic) bond motifs is 1. The lowest BCUT2D eigenvalue weighted by Gasteiger charge is -2.22. The van der Waals surface area contributed by atoms with E-state index >= 15 is 0 Å². The number of rotatable bonds is 5. The Labute approximate surface area is 148 Å². The maximum absolute atomic E-state index is 12.3. The molecule has 1 atom stereocenters. The van der Waals surface area contributed by atoms with Gasteiger partial charge in [-0.15, -0.1) is 0 Å². The number of amides is 1. The Morgan fingerprint density at radius 1 is 1.28 bits per heavy atom. The van der Waals surface area contributed by atoms with Gasteiger partial charge in [-0.05, 0) is 68.8 Å². The van der Waals surface area contributed by atoms with Gasteiger partial charge >= 0.3 is 0 Å². The summed E-state index contributed by atoms with van der Waals surface area (Å²) < 4.78 is 5.21. The largest absolute Gasteiger partial charge is 0.361 e. The summed E-state index contributed by atoms with van der Waals surface area (Å²) in [5.41, 5.74) is 4.74. The first-order valence-corrected chi connectivity index (χ1v) is 9.28. The van der Waals surface area contributed by atoms with Crippen LogP contribution in [0.3, 0.4) is 0 Å². The number of nitrogens with one attached hydrogen (secondary N) is 1. The highest BCUT2D eigenvalue weighted by Crippen LogP contribution is 2.31. The van der Waals surface area contributed by atoms with Crippen LogP contribution in [0.5, 0.6) is 0 Å². The summed E-state index contributed by atoms with van der Waals surface area (Å²) in [4.78, 5) is 14.7. The first-order chi connectivity index (χ1) is 12.2. The molecule has 1 aliphatic carbocycles. The molecule has 0 bridgehead atoms. The molecule has 2 heterocycles. The molecule has 1 unspecified atom stereocenters. The van der Waals surface area contributed by atoms with Crippen molar-refractivity contribution in [3.63, 3.8) is 0 Å². The quantitative estimate of drug-likeness (QED) is 0.903. The van der Waals surface area contributed by atoms with Gasteiger partial charge in [0.2, 0.25) is 5.91 Å². The van der Waals surface area contributed by atoms with Crippen LogP contribution in [0.15, 0.2) is 28.8 Å². The van der Waals surface area contributed by atoms with Gasteiger partial charge in [0, 0.05) is 24.7 Å². The summed E-state index contributed by atoms with van der Waals surface area (Å²) in [6, 6.07) is 8.61. The highest BCUT2D eigenvalue weighted by atomic mass is 16.5. The van der Waals surface area contributed by atoms with Crippen molar-refractivity contribution in [1.82, 2.24) is 10.1 Å². The third-order valence-electron chi connectivity index (χ3n) is 5.36. The maximum Gasteiger partial charge on any atom is 0.225 e. The standard InChI is InChI=1S/C20H25N3O2/c1-14-12-18(22-25-14)19-6-3-10-23(19)11-9-20(24)21-17-8-7-15-4-2-5-16(15)13-17/h7-8,12-13,19H,2-6,9-11H2,1H3,(H,21,24). The lowest BCUT2D eigenvalue weighted by molar-refractivity contribution is -0.116. The SMILES string of the molecule is Cc1cc(C2CCCN2CCC(=O)Nc2ccc3c(c2)CCC3)no1. The molecule has 1 aromatic heterocycles. The number of likely N-dealkylation sites (tertiary alicyclic amines) is 1. The molecule has 0 spiro atoms. The van der Waals surface area contributed by atoms with E-state index in [1.807, 2.05) is 19.1 Å². The van der Waals surface area contributed by atoms with Crippen molar-refractivity contribution in [3.8, 4) is 0 Å². The van der Waals surface area contributed by atoms with E-state index in [1.54, 1.807) is 0 Å². The topological polar surface area (TPSA) is 58.4 Å². The molecule has 0 saturated carbocycles. The van der Waals surface area contributed by atoms with E-state index in [1.165, 1.54) is 24.0 Å². The smallest absolute Gasteiger partial charge is 0.225 e. The summed E-state index contributed by atoms with van der Waals surface area (Å²) in [7, 11) is 0. The van der Waals surface area contributed by atoms with Crippen LogP contribution >= 0.6 is 0 Å². The Kier molecular flexibility index (Phi) is 4.57. The van der Waals surface area contributed by atoms with Gasteiger partial charge in [0.15, 0.2) is 0 Å². The average Bonchev–Trinajstić information content (AvgIpc) is 3.32. The number of aryl methyl sites for hydroxylation is 3. The Balaban J connectivity index is 1.32. The van der Waals surface area contributed by atoms with Gasteiger partial charge in [0.1, 0.15) is 11.5 Å². The minimum atomic E-state index is 0.0833. The fourth-order valence-electron chi connectivity index (χ4n) is 4.09. The number of hydrogen-bond donors (Lipinski definition) is 1. The number of benzene rings is 1. The molecule has 1 aromatic carbocycles. The second-order valence-electron chi connectivity index (χ2n) is 7.19. The second-order valence-corrected chi connectivity index (χ2v) is 7.19. The fraction of sp³-hybridized carbons (Fsp3) is 0.500. The van der Waals surface area contributed by atoms with E-state index in [0.29, 0.717) is 6.42 Å². The molecular weight excluding hydrogens is 314 g/mol. The molecule has 132 valence electrons. The molecule has 1 aliphatic heterocycles. The fourth-order valence-corrected chi connectivity index (χ4v) is 4.09. The zero-order valence-electron chi connectivity index (χ0n) is 14.8. The molecule has 0 radical (unpaired) electrons. The number of nitrogens with zero attached hydrogens (tertiary/aromatic N) is 2. The van der Waals surface area contributed by atoms with Crippen molar-refractivity contribution in [2.24, 2.45) is 0 Å². The molecular formula is C20H25N3O2. The van der Waals surface area contributed by atoms with Crippen LogP contribution in [0.1, 0.15) is 54.3 Å². The summed E-state index contributed by atoms with van der Waals surface area (Å²) in [6.07, 6.45) is 6.25. The first-order valence-electron chi connectivity index (χ1n) is 9.28. The highest BCUT2D eigenvalue weighted by molar-refractivity contribution is 5.91. The number of carbonyl (C=O) groups excluding carboxylic acids is 1. The number of hydrogen-bond acceptors (Lipinski definition) is 4. The summed E-state index contributed by atoms with van der Waals surface area (Å²) in [5, 5.41) is 7.21. The molecule has 2 aromatic rings. The van der Waals surface area contributed by atoms with Crippen LogP contribution in [0.2, 0.25) is 0 Å². The van der Waals surface area contributed by atoms with Crippen molar-refractivity contribution in [2.75, 3.05) is 18.4 Å². The van der Waals surface area contributed by atoms with Crippen molar-refractivity contribution in [1.29, 1.82) is 0 Å². The van der Waals surface area contributed by atoms with Gasteiger partial charge in [-0.25, -0.2) is 0 Å². The van der Waals surface area contributed by atoms with Crippen LogP contribution < -0.4 is 5.32 Å². The summed E-state index contributed by atoms with van der Waals surface area (Å²) >= 11 is 0. The van der Waals surface area contributed by atoms with Crippen LogP contribution in [-0.2, 0) is 17.6 Å². The highest BCUT2D eigenvalue weighted by Gasteiger charge is 2.28. The third kappa shape index (κ3) is 3.61. The molecule has 1 N–H and O–H groups in total. The lowest BCUT2D eigenvalue weighted by Crippen LogP contribution is -2.27. The zero-order valence-corrected chi connectivity index (χ0v) is 14.8. The van der Waals surface area contributed by atoms with Crippen molar-refractivity contribution in [3.05, 3.63) is 46.8 Å². The van der Waals surface area contributed by atoms with Crippen molar-refractivity contribution in [2.45, 2.75) is 51.5 Å². The molecule has 5 heteroatoms. The molecule has 2 aliphatic rings. The van der Waals surface area contributed by atoms with E-state index in [0.717, 1.165) is 49.5 Å². The minimum Gasteiger partial charge on any atom is -0.361 e. The van der Waals surface area contributed by atoms with Gasteiger partial charge in [0.05, 0.1) is 6.04 Å². The summed E-state index contributed by atoms with van der Waals surface area (Å²) in [5.74, 6) is 0.927. The molecule has 4 rings (SSSR count). The van der Waals surface area contributed by atoms with Gasteiger partial charge in [-0.1, -0.05) is 11.2 Å². The van der Waals surface area contributed by atoms with Crippen LogP contribution in [0.25, 0.3) is 0 Å². The normalized spacial score (nSPS) is 20.0. The maximum atomic E-state index is 12.3. The minimum absolute atomic E-state index is 0.0833. The molecule has 5 nitrogen and oxygen atoms in total. The average molecular weight is 339 g/mol. The van der Waals surface area contributed by atoms with Gasteiger partial charge in [-0.2, -0.15) is 0 Å². The van der Waals surface area contributed by atoms with E-state index in [-0.39, 0.29) is 11.9 Å². The van der Waals surface area contributed by atoms with E-state index in [4.69, 9.17) is 4.52 Å². The van der Waals surface area contributed by atoms with Crippen LogP contribution in [0.4, 0.5) is 5.69 Å². The zero-order chi connectivity index (χ0) is 17.2. The van der Waals surface area contributed by atoms with Gasteiger partial charge in [-0.3, -0.25) is 9.69 Å². The van der Waals surface area contributed by atoms with Crippen molar-refractivity contribution < 1.29 is 9.32 Å². The summed E-state index contributed by atoms with van der Waals surface area (Å²) in [6.45, 7) is 3.69. The molecule has 1 fully saturated rings. The predicted molar refractivity (Wildman–Crippen MR) is 96.5 cm³/mol. The number of anilines is 1. The monoisotopic (exact) mass is 339 g/mol. The number of carbonyl (C=O) groups is 1. The van der Waals surface area contributed by atoms with E-state index in [9.17, 15) is 4.79 Å². The second kappa shape index (κ2) is 7.00. The third-order valence-corrected chi connectivity index (χ3v) is 5.36. The van der Waals surface area contributed by atoms with E-state index < -0.39 is 0 Å². The Morgan fingerprint density at radius 3 is 3.00 bits per heavy atom. The predicted octanol–water partition coefficient (Wildman–Crippen LogP) is 3.64. The molecule has 25 heavy (non-hydrogen) atoms. The Hall–Kier alpha value is -2.14. The van der Waals surface area contributed by atoms with Crippen LogP contribution in [0, 0.1) is 6.92 Å². The van der Waals surface area contributed by atoms with Gasteiger partial charge in [0.25, 0.3) is 0 Å². The first kappa shape index (κ1) is 16.3. The lowest BCUT2D eigenvalue weighted by atomic mass is 10.1.